The summed E-state index contributed by atoms with van der Waals surface area (Å²) in [4.78, 5) is 0. The van der Waals surface area contributed by atoms with Crippen molar-refractivity contribution in [2.24, 2.45) is 11.8 Å². The van der Waals surface area contributed by atoms with Crippen LogP contribution >= 0.6 is 0 Å². The summed E-state index contributed by atoms with van der Waals surface area (Å²) in [7, 11) is 0. The van der Waals surface area contributed by atoms with Gasteiger partial charge in [-0.15, -0.1) is 0 Å². The Kier molecular flexibility index (Phi) is 3.96. The Morgan fingerprint density at radius 1 is 1.28 bits per heavy atom. The van der Waals surface area contributed by atoms with Crippen molar-refractivity contribution >= 4 is 0 Å². The molecule has 1 saturated carbocycles. The number of ether oxygens (including phenoxy) is 1. The van der Waals surface area contributed by atoms with E-state index in [4.69, 9.17) is 4.74 Å². The fourth-order valence-corrected chi connectivity index (χ4v) is 3.06. The maximum absolute atomic E-state index is 11.0. The highest BCUT2D eigenvalue weighted by Crippen LogP contribution is 2.44. The first-order chi connectivity index (χ1) is 8.58. The van der Waals surface area contributed by atoms with E-state index in [1.807, 2.05) is 31.2 Å². The molecule has 1 aromatic carbocycles. The van der Waals surface area contributed by atoms with Crippen LogP contribution in [-0.2, 0) is 5.60 Å². The van der Waals surface area contributed by atoms with Gasteiger partial charge in [-0.1, -0.05) is 32.4 Å². The van der Waals surface area contributed by atoms with Gasteiger partial charge < -0.3 is 9.84 Å². The molecule has 3 atom stereocenters. The van der Waals surface area contributed by atoms with Gasteiger partial charge in [-0.2, -0.15) is 0 Å². The van der Waals surface area contributed by atoms with Crippen molar-refractivity contribution in [3.63, 3.8) is 0 Å². The lowest BCUT2D eigenvalue weighted by atomic mass is 9.67. The van der Waals surface area contributed by atoms with Crippen molar-refractivity contribution in [2.45, 2.75) is 45.6 Å². The zero-order valence-corrected chi connectivity index (χ0v) is 11.6. The molecule has 0 aromatic heterocycles. The van der Waals surface area contributed by atoms with E-state index in [-0.39, 0.29) is 0 Å². The van der Waals surface area contributed by atoms with E-state index in [9.17, 15) is 5.11 Å². The minimum Gasteiger partial charge on any atom is -0.494 e. The number of hydrogen-bond acceptors (Lipinski definition) is 2. The molecule has 1 aliphatic carbocycles. The van der Waals surface area contributed by atoms with Gasteiger partial charge >= 0.3 is 0 Å². The summed E-state index contributed by atoms with van der Waals surface area (Å²) in [6.45, 7) is 7.06. The van der Waals surface area contributed by atoms with Gasteiger partial charge in [0.2, 0.25) is 0 Å². The summed E-state index contributed by atoms with van der Waals surface area (Å²) in [5.74, 6) is 1.76. The first-order valence-electron chi connectivity index (χ1n) is 7.03. The molecule has 0 spiro atoms. The second-order valence-corrected chi connectivity index (χ2v) is 5.54. The van der Waals surface area contributed by atoms with Crippen LogP contribution in [0.2, 0.25) is 0 Å². The SMILES string of the molecule is CCOc1ccc(C2(O)CCCC(C)C2C)cc1. The standard InChI is InChI=1S/C16H24O2/c1-4-18-15-9-7-14(8-10-15)16(17)11-5-6-12(2)13(16)3/h7-10,12-13,17H,4-6,11H2,1-3H3. The van der Waals surface area contributed by atoms with Crippen LogP contribution in [0.4, 0.5) is 0 Å². The molecule has 18 heavy (non-hydrogen) atoms. The van der Waals surface area contributed by atoms with Gasteiger partial charge in [0, 0.05) is 0 Å². The van der Waals surface area contributed by atoms with Crippen LogP contribution in [0.5, 0.6) is 5.75 Å². The predicted octanol–water partition coefficient (Wildman–Crippen LogP) is 3.73. The quantitative estimate of drug-likeness (QED) is 0.883. The Bertz CT molecular complexity index is 385. The van der Waals surface area contributed by atoms with Crippen LogP contribution in [0.25, 0.3) is 0 Å². The molecule has 1 aliphatic rings. The molecule has 0 heterocycles. The van der Waals surface area contributed by atoms with E-state index in [0.29, 0.717) is 18.4 Å². The Hall–Kier alpha value is -1.02. The molecular formula is C16H24O2. The Morgan fingerprint density at radius 2 is 1.94 bits per heavy atom. The Balaban J connectivity index is 2.23. The Morgan fingerprint density at radius 3 is 2.56 bits per heavy atom. The third kappa shape index (κ3) is 2.39. The Labute approximate surface area is 110 Å². The first kappa shape index (κ1) is 13.4. The van der Waals surface area contributed by atoms with Gasteiger partial charge in [-0.3, -0.25) is 0 Å². The normalized spacial score (nSPS) is 32.2. The molecule has 1 fully saturated rings. The minimum atomic E-state index is -0.664. The van der Waals surface area contributed by atoms with Crippen LogP contribution in [0.15, 0.2) is 24.3 Å². The number of aliphatic hydroxyl groups is 1. The van der Waals surface area contributed by atoms with E-state index in [1.54, 1.807) is 0 Å². The van der Waals surface area contributed by atoms with Crippen molar-refractivity contribution < 1.29 is 9.84 Å². The smallest absolute Gasteiger partial charge is 0.119 e. The van der Waals surface area contributed by atoms with Crippen LogP contribution in [0, 0.1) is 11.8 Å². The average molecular weight is 248 g/mol. The van der Waals surface area contributed by atoms with Gasteiger partial charge in [-0.05, 0) is 49.3 Å². The zero-order valence-electron chi connectivity index (χ0n) is 11.6. The highest BCUT2D eigenvalue weighted by atomic mass is 16.5. The second kappa shape index (κ2) is 5.31. The predicted molar refractivity (Wildman–Crippen MR) is 73.7 cm³/mol. The molecule has 1 N–H and O–H groups in total. The molecular weight excluding hydrogens is 224 g/mol. The van der Waals surface area contributed by atoms with Crippen molar-refractivity contribution in [1.82, 2.24) is 0 Å². The molecule has 0 saturated heterocycles. The number of hydrogen-bond donors (Lipinski definition) is 1. The fraction of sp³-hybridized carbons (Fsp3) is 0.625. The molecule has 3 unspecified atom stereocenters. The van der Waals surface area contributed by atoms with Crippen LogP contribution in [0.3, 0.4) is 0 Å². The fourth-order valence-electron chi connectivity index (χ4n) is 3.06. The minimum absolute atomic E-state index is 0.309. The maximum atomic E-state index is 11.0. The van der Waals surface area contributed by atoms with Crippen LogP contribution < -0.4 is 4.74 Å². The lowest BCUT2D eigenvalue weighted by Gasteiger charge is -2.42. The molecule has 1 aromatic rings. The van der Waals surface area contributed by atoms with Gasteiger partial charge in [0.15, 0.2) is 0 Å². The van der Waals surface area contributed by atoms with E-state index in [1.165, 1.54) is 6.42 Å². The zero-order chi connectivity index (χ0) is 13.2. The lowest BCUT2D eigenvalue weighted by molar-refractivity contribution is -0.0688. The van der Waals surface area contributed by atoms with Gasteiger partial charge in [0.05, 0.1) is 12.2 Å². The van der Waals surface area contributed by atoms with Gasteiger partial charge in [0.25, 0.3) is 0 Å². The molecule has 0 aliphatic heterocycles. The molecule has 0 amide bonds. The maximum Gasteiger partial charge on any atom is 0.119 e. The van der Waals surface area contributed by atoms with E-state index >= 15 is 0 Å². The monoisotopic (exact) mass is 248 g/mol. The van der Waals surface area contributed by atoms with Crippen LogP contribution in [0.1, 0.15) is 45.6 Å². The topological polar surface area (TPSA) is 29.5 Å². The summed E-state index contributed by atoms with van der Waals surface area (Å²) in [6.07, 6.45) is 3.20. The first-order valence-corrected chi connectivity index (χ1v) is 7.03. The van der Waals surface area contributed by atoms with E-state index in [2.05, 4.69) is 13.8 Å². The van der Waals surface area contributed by atoms with Crippen LogP contribution in [-0.4, -0.2) is 11.7 Å². The number of rotatable bonds is 3. The number of benzene rings is 1. The van der Waals surface area contributed by atoms with E-state index in [0.717, 1.165) is 24.2 Å². The third-order valence-corrected chi connectivity index (χ3v) is 4.49. The second-order valence-electron chi connectivity index (χ2n) is 5.54. The van der Waals surface area contributed by atoms with Crippen molar-refractivity contribution in [3.05, 3.63) is 29.8 Å². The summed E-state index contributed by atoms with van der Waals surface area (Å²) in [6, 6.07) is 7.95. The highest BCUT2D eigenvalue weighted by Gasteiger charge is 2.40. The van der Waals surface area contributed by atoms with Gasteiger partial charge in [0.1, 0.15) is 5.75 Å². The van der Waals surface area contributed by atoms with Crippen molar-refractivity contribution in [3.8, 4) is 5.75 Å². The molecule has 2 rings (SSSR count). The molecule has 0 bridgehead atoms. The average Bonchev–Trinajstić information content (AvgIpc) is 2.37. The third-order valence-electron chi connectivity index (χ3n) is 4.49. The lowest BCUT2D eigenvalue weighted by Crippen LogP contribution is -2.40. The highest BCUT2D eigenvalue weighted by molar-refractivity contribution is 5.31. The summed E-state index contributed by atoms with van der Waals surface area (Å²) in [5, 5.41) is 11.0. The molecule has 100 valence electrons. The molecule has 2 nitrogen and oxygen atoms in total. The van der Waals surface area contributed by atoms with Crippen molar-refractivity contribution in [1.29, 1.82) is 0 Å². The summed E-state index contributed by atoms with van der Waals surface area (Å²) in [5.41, 5.74) is 0.368. The molecule has 0 radical (unpaired) electrons. The van der Waals surface area contributed by atoms with Gasteiger partial charge in [-0.25, -0.2) is 0 Å². The summed E-state index contributed by atoms with van der Waals surface area (Å²) < 4.78 is 5.45. The summed E-state index contributed by atoms with van der Waals surface area (Å²) >= 11 is 0. The van der Waals surface area contributed by atoms with Crippen molar-refractivity contribution in [2.75, 3.05) is 6.61 Å². The largest absolute Gasteiger partial charge is 0.494 e. The van der Waals surface area contributed by atoms with E-state index < -0.39 is 5.60 Å². The molecule has 2 heteroatoms.